The van der Waals surface area contributed by atoms with Gasteiger partial charge in [0.15, 0.2) is 0 Å². The van der Waals surface area contributed by atoms with E-state index in [1.54, 1.807) is 13.3 Å². The SMILES string of the molecule is COc1ncccc1NCc1ccc(C)o1. The van der Waals surface area contributed by atoms with Crippen molar-refractivity contribution in [3.63, 3.8) is 0 Å². The van der Waals surface area contributed by atoms with Crippen molar-refractivity contribution in [2.75, 3.05) is 12.4 Å². The summed E-state index contributed by atoms with van der Waals surface area (Å²) in [6, 6.07) is 7.67. The van der Waals surface area contributed by atoms with E-state index in [1.165, 1.54) is 0 Å². The van der Waals surface area contributed by atoms with Crippen LogP contribution in [0.4, 0.5) is 5.69 Å². The standard InChI is InChI=1S/C12H14N2O2/c1-9-5-6-10(16-9)8-14-11-4-3-7-13-12(11)15-2/h3-7,14H,8H2,1-2H3. The summed E-state index contributed by atoms with van der Waals surface area (Å²) in [6.07, 6.45) is 1.70. The molecular weight excluding hydrogens is 204 g/mol. The van der Waals surface area contributed by atoms with Crippen LogP contribution in [0.2, 0.25) is 0 Å². The Morgan fingerprint density at radius 3 is 2.94 bits per heavy atom. The summed E-state index contributed by atoms with van der Waals surface area (Å²) in [5.41, 5.74) is 0.860. The van der Waals surface area contributed by atoms with Gasteiger partial charge in [-0.2, -0.15) is 0 Å². The first kappa shape index (κ1) is 10.5. The van der Waals surface area contributed by atoms with E-state index < -0.39 is 0 Å². The van der Waals surface area contributed by atoms with Gasteiger partial charge in [0.1, 0.15) is 11.5 Å². The fraction of sp³-hybridized carbons (Fsp3) is 0.250. The molecule has 2 heterocycles. The number of aromatic nitrogens is 1. The zero-order valence-electron chi connectivity index (χ0n) is 9.36. The van der Waals surface area contributed by atoms with Crippen LogP contribution in [0, 0.1) is 6.92 Å². The van der Waals surface area contributed by atoms with Crippen LogP contribution in [-0.2, 0) is 6.54 Å². The van der Waals surface area contributed by atoms with E-state index >= 15 is 0 Å². The maximum atomic E-state index is 5.46. The van der Waals surface area contributed by atoms with Crippen molar-refractivity contribution >= 4 is 5.69 Å². The minimum Gasteiger partial charge on any atom is -0.480 e. The van der Waals surface area contributed by atoms with E-state index in [0.717, 1.165) is 17.2 Å². The van der Waals surface area contributed by atoms with E-state index in [9.17, 15) is 0 Å². The van der Waals surface area contributed by atoms with Crippen molar-refractivity contribution in [1.29, 1.82) is 0 Å². The van der Waals surface area contributed by atoms with E-state index in [2.05, 4.69) is 10.3 Å². The van der Waals surface area contributed by atoms with Gasteiger partial charge in [0, 0.05) is 6.20 Å². The summed E-state index contributed by atoms with van der Waals surface area (Å²) in [7, 11) is 1.60. The first-order valence-corrected chi connectivity index (χ1v) is 5.08. The zero-order chi connectivity index (χ0) is 11.4. The smallest absolute Gasteiger partial charge is 0.237 e. The lowest BCUT2D eigenvalue weighted by Gasteiger charge is -2.08. The first-order valence-electron chi connectivity index (χ1n) is 5.08. The van der Waals surface area contributed by atoms with Crippen molar-refractivity contribution in [3.05, 3.63) is 42.0 Å². The van der Waals surface area contributed by atoms with E-state index in [0.29, 0.717) is 12.4 Å². The van der Waals surface area contributed by atoms with Crippen LogP contribution >= 0.6 is 0 Å². The highest BCUT2D eigenvalue weighted by Crippen LogP contribution is 2.20. The summed E-state index contributed by atoms with van der Waals surface area (Å²) in [6.45, 7) is 2.55. The van der Waals surface area contributed by atoms with Crippen molar-refractivity contribution in [2.24, 2.45) is 0 Å². The molecule has 84 valence electrons. The molecule has 0 atom stereocenters. The Bertz CT molecular complexity index is 466. The number of hydrogen-bond acceptors (Lipinski definition) is 4. The van der Waals surface area contributed by atoms with Gasteiger partial charge in [-0.25, -0.2) is 4.98 Å². The topological polar surface area (TPSA) is 47.3 Å². The molecule has 0 saturated carbocycles. The maximum absolute atomic E-state index is 5.46. The molecule has 0 amide bonds. The van der Waals surface area contributed by atoms with Crippen molar-refractivity contribution in [1.82, 2.24) is 4.98 Å². The highest BCUT2D eigenvalue weighted by Gasteiger charge is 2.03. The molecule has 0 unspecified atom stereocenters. The molecule has 0 aliphatic heterocycles. The van der Waals surface area contributed by atoms with Crippen LogP contribution in [0.15, 0.2) is 34.9 Å². The fourth-order valence-corrected chi connectivity index (χ4v) is 1.45. The highest BCUT2D eigenvalue weighted by atomic mass is 16.5. The Balaban J connectivity index is 2.04. The van der Waals surface area contributed by atoms with Gasteiger partial charge in [-0.05, 0) is 31.2 Å². The molecule has 4 heteroatoms. The number of pyridine rings is 1. The van der Waals surface area contributed by atoms with Crippen molar-refractivity contribution in [3.8, 4) is 5.88 Å². The molecule has 2 aromatic rings. The number of ether oxygens (including phenoxy) is 1. The number of rotatable bonds is 4. The second-order valence-electron chi connectivity index (χ2n) is 3.43. The molecular formula is C12H14N2O2. The number of anilines is 1. The molecule has 0 aromatic carbocycles. The van der Waals surface area contributed by atoms with Crippen LogP contribution < -0.4 is 10.1 Å². The second kappa shape index (κ2) is 4.70. The molecule has 1 N–H and O–H groups in total. The van der Waals surface area contributed by atoms with Gasteiger partial charge in [-0.15, -0.1) is 0 Å². The molecule has 0 bridgehead atoms. The molecule has 0 aliphatic carbocycles. The highest BCUT2D eigenvalue weighted by molar-refractivity contribution is 5.51. The van der Waals surface area contributed by atoms with Crippen molar-refractivity contribution < 1.29 is 9.15 Å². The number of methoxy groups -OCH3 is 1. The predicted molar refractivity (Wildman–Crippen MR) is 61.6 cm³/mol. The summed E-state index contributed by atoms with van der Waals surface area (Å²) >= 11 is 0. The molecule has 2 rings (SSSR count). The maximum Gasteiger partial charge on any atom is 0.237 e. The van der Waals surface area contributed by atoms with E-state index in [4.69, 9.17) is 9.15 Å². The average molecular weight is 218 g/mol. The van der Waals surface area contributed by atoms with Gasteiger partial charge < -0.3 is 14.5 Å². The molecule has 2 aromatic heterocycles. The van der Waals surface area contributed by atoms with Crippen molar-refractivity contribution in [2.45, 2.75) is 13.5 Å². The molecule has 0 spiro atoms. The predicted octanol–water partition coefficient (Wildman–Crippen LogP) is 2.60. The Hall–Kier alpha value is -1.97. The quantitative estimate of drug-likeness (QED) is 0.856. The fourth-order valence-electron chi connectivity index (χ4n) is 1.45. The number of furan rings is 1. The summed E-state index contributed by atoms with van der Waals surface area (Å²) in [5, 5.41) is 3.21. The lowest BCUT2D eigenvalue weighted by molar-refractivity contribution is 0.399. The van der Waals surface area contributed by atoms with Gasteiger partial charge in [0.2, 0.25) is 5.88 Å². The Kier molecular flexibility index (Phi) is 3.10. The average Bonchev–Trinajstić information content (AvgIpc) is 2.73. The minimum absolute atomic E-state index is 0.589. The molecule has 0 saturated heterocycles. The number of hydrogen-bond donors (Lipinski definition) is 1. The normalized spacial score (nSPS) is 10.1. The molecule has 0 radical (unpaired) electrons. The van der Waals surface area contributed by atoms with Gasteiger partial charge in [-0.1, -0.05) is 0 Å². The molecule has 16 heavy (non-hydrogen) atoms. The lowest BCUT2D eigenvalue weighted by Crippen LogP contribution is -2.01. The van der Waals surface area contributed by atoms with Crippen LogP contribution in [0.3, 0.4) is 0 Å². The van der Waals surface area contributed by atoms with Gasteiger partial charge in [0.25, 0.3) is 0 Å². The second-order valence-corrected chi connectivity index (χ2v) is 3.43. The summed E-state index contributed by atoms with van der Waals surface area (Å²) in [4.78, 5) is 4.10. The number of nitrogens with one attached hydrogen (secondary N) is 1. The molecule has 0 aliphatic rings. The third-order valence-electron chi connectivity index (χ3n) is 2.21. The molecule has 4 nitrogen and oxygen atoms in total. The third-order valence-corrected chi connectivity index (χ3v) is 2.21. The monoisotopic (exact) mass is 218 g/mol. The molecule has 0 fully saturated rings. The van der Waals surface area contributed by atoms with Gasteiger partial charge >= 0.3 is 0 Å². The Morgan fingerprint density at radius 1 is 1.38 bits per heavy atom. The Labute approximate surface area is 94.3 Å². The Morgan fingerprint density at radius 2 is 2.25 bits per heavy atom. The third kappa shape index (κ3) is 2.34. The minimum atomic E-state index is 0.589. The van der Waals surface area contributed by atoms with Crippen LogP contribution in [0.5, 0.6) is 5.88 Å². The van der Waals surface area contributed by atoms with E-state index in [1.807, 2.05) is 31.2 Å². The van der Waals surface area contributed by atoms with Crippen LogP contribution in [0.25, 0.3) is 0 Å². The largest absolute Gasteiger partial charge is 0.480 e. The van der Waals surface area contributed by atoms with E-state index in [-0.39, 0.29) is 0 Å². The number of aryl methyl sites for hydroxylation is 1. The number of nitrogens with zero attached hydrogens (tertiary/aromatic N) is 1. The lowest BCUT2D eigenvalue weighted by atomic mass is 10.3. The first-order chi connectivity index (χ1) is 7.79. The summed E-state index contributed by atoms with van der Waals surface area (Å²) < 4.78 is 10.6. The summed E-state index contributed by atoms with van der Waals surface area (Å²) in [5.74, 6) is 2.39. The zero-order valence-corrected chi connectivity index (χ0v) is 9.36. The van der Waals surface area contributed by atoms with Crippen LogP contribution in [0.1, 0.15) is 11.5 Å². The van der Waals surface area contributed by atoms with Gasteiger partial charge in [0.05, 0.1) is 19.3 Å². The van der Waals surface area contributed by atoms with Crippen LogP contribution in [-0.4, -0.2) is 12.1 Å². The van der Waals surface area contributed by atoms with Gasteiger partial charge in [-0.3, -0.25) is 0 Å².